The Morgan fingerprint density at radius 1 is 1.24 bits per heavy atom. The van der Waals surface area contributed by atoms with E-state index in [0.29, 0.717) is 10.8 Å². The SMILES string of the molecule is CCOC(=O)/N=c1\cccc(SCc2ccccc2)n1O. The molecule has 2 rings (SSSR count). The van der Waals surface area contributed by atoms with Gasteiger partial charge in [0.2, 0.25) is 0 Å². The van der Waals surface area contributed by atoms with Gasteiger partial charge in [-0.2, -0.15) is 9.72 Å². The van der Waals surface area contributed by atoms with Crippen molar-refractivity contribution in [1.82, 2.24) is 4.73 Å². The van der Waals surface area contributed by atoms with Gasteiger partial charge >= 0.3 is 6.09 Å². The number of benzene rings is 1. The van der Waals surface area contributed by atoms with Crippen LogP contribution in [0, 0.1) is 0 Å². The zero-order valence-electron chi connectivity index (χ0n) is 11.6. The van der Waals surface area contributed by atoms with E-state index in [-0.39, 0.29) is 12.1 Å². The molecule has 0 saturated carbocycles. The summed E-state index contributed by atoms with van der Waals surface area (Å²) in [5.74, 6) is 0.713. The molecule has 0 spiro atoms. The van der Waals surface area contributed by atoms with Crippen molar-refractivity contribution in [1.29, 1.82) is 0 Å². The zero-order chi connectivity index (χ0) is 15.1. The number of amides is 1. The molecule has 0 aliphatic rings. The summed E-state index contributed by atoms with van der Waals surface area (Å²) in [5.41, 5.74) is 1.29. The second kappa shape index (κ2) is 7.54. The largest absolute Gasteiger partial charge is 0.448 e. The number of hydrogen-bond acceptors (Lipinski definition) is 4. The topological polar surface area (TPSA) is 63.8 Å². The molecule has 6 heteroatoms. The highest BCUT2D eigenvalue weighted by atomic mass is 32.2. The van der Waals surface area contributed by atoms with E-state index in [1.54, 1.807) is 25.1 Å². The molecule has 1 N–H and O–H groups in total. The van der Waals surface area contributed by atoms with E-state index in [4.69, 9.17) is 4.74 Å². The number of thioether (sulfide) groups is 1. The van der Waals surface area contributed by atoms with Gasteiger partial charge in [0.05, 0.1) is 6.61 Å². The first-order valence-corrected chi connectivity index (χ1v) is 7.49. The summed E-state index contributed by atoms with van der Waals surface area (Å²) in [4.78, 5) is 15.0. The molecule has 1 heterocycles. The quantitative estimate of drug-likeness (QED) is 0.696. The second-order valence-corrected chi connectivity index (χ2v) is 5.11. The molecule has 1 amide bonds. The smallest absolute Gasteiger partial charge is 0.435 e. The maximum Gasteiger partial charge on any atom is 0.435 e. The van der Waals surface area contributed by atoms with Crippen LogP contribution in [0.4, 0.5) is 4.79 Å². The summed E-state index contributed by atoms with van der Waals surface area (Å²) in [5, 5.41) is 10.7. The normalized spacial score (nSPS) is 11.4. The van der Waals surface area contributed by atoms with Crippen LogP contribution in [0.3, 0.4) is 0 Å². The van der Waals surface area contributed by atoms with Crippen LogP contribution in [0.1, 0.15) is 12.5 Å². The molecular weight excluding hydrogens is 288 g/mol. The highest BCUT2D eigenvalue weighted by Crippen LogP contribution is 2.20. The molecule has 0 aliphatic heterocycles. The van der Waals surface area contributed by atoms with Crippen molar-refractivity contribution >= 4 is 17.9 Å². The van der Waals surface area contributed by atoms with Crippen molar-refractivity contribution < 1.29 is 14.7 Å². The first-order chi connectivity index (χ1) is 10.2. The summed E-state index contributed by atoms with van der Waals surface area (Å²) in [6, 6.07) is 15.0. The van der Waals surface area contributed by atoms with Crippen LogP contribution in [-0.2, 0) is 10.5 Å². The van der Waals surface area contributed by atoms with Crippen LogP contribution < -0.4 is 5.49 Å². The van der Waals surface area contributed by atoms with Gasteiger partial charge in [-0.15, -0.1) is 11.8 Å². The number of pyridine rings is 1. The maximum atomic E-state index is 11.3. The Labute approximate surface area is 126 Å². The van der Waals surface area contributed by atoms with E-state index in [0.717, 1.165) is 10.3 Å². The van der Waals surface area contributed by atoms with E-state index in [9.17, 15) is 10.0 Å². The van der Waals surface area contributed by atoms with Gasteiger partial charge in [-0.3, -0.25) is 0 Å². The lowest BCUT2D eigenvalue weighted by molar-refractivity contribution is 0.140. The highest BCUT2D eigenvalue weighted by molar-refractivity contribution is 7.98. The van der Waals surface area contributed by atoms with E-state index in [1.807, 2.05) is 30.3 Å². The summed E-state index contributed by atoms with van der Waals surface area (Å²) in [6.45, 7) is 1.95. The standard InChI is InChI=1S/C15H16N2O3S/c1-2-20-15(18)16-13-9-6-10-14(17(13)19)21-11-12-7-4-3-5-8-12/h3-10,19H,2,11H2,1H3/b16-13+. The summed E-state index contributed by atoms with van der Waals surface area (Å²) >= 11 is 1.46. The number of ether oxygens (including phenoxy) is 1. The average Bonchev–Trinajstić information content (AvgIpc) is 2.49. The summed E-state index contributed by atoms with van der Waals surface area (Å²) < 4.78 is 5.63. The fourth-order valence-corrected chi connectivity index (χ4v) is 2.54. The van der Waals surface area contributed by atoms with Crippen LogP contribution in [0.5, 0.6) is 0 Å². The minimum absolute atomic E-state index is 0.145. The Morgan fingerprint density at radius 3 is 2.71 bits per heavy atom. The Balaban J connectivity index is 2.16. The van der Waals surface area contributed by atoms with Crippen molar-refractivity contribution in [2.75, 3.05) is 6.61 Å². The molecule has 0 radical (unpaired) electrons. The zero-order valence-corrected chi connectivity index (χ0v) is 12.4. The molecule has 0 unspecified atom stereocenters. The van der Waals surface area contributed by atoms with Crippen LogP contribution in [-0.4, -0.2) is 22.6 Å². The molecule has 0 fully saturated rings. The Kier molecular flexibility index (Phi) is 5.45. The van der Waals surface area contributed by atoms with Gasteiger partial charge in [0.1, 0.15) is 5.03 Å². The third-order valence-electron chi connectivity index (χ3n) is 2.61. The van der Waals surface area contributed by atoms with E-state index in [1.165, 1.54) is 11.8 Å². The molecule has 110 valence electrons. The molecule has 0 bridgehead atoms. The van der Waals surface area contributed by atoms with Gasteiger partial charge in [-0.25, -0.2) is 4.79 Å². The third-order valence-corrected chi connectivity index (χ3v) is 3.70. The van der Waals surface area contributed by atoms with Gasteiger partial charge in [-0.1, -0.05) is 36.4 Å². The minimum atomic E-state index is -0.717. The lowest BCUT2D eigenvalue weighted by Crippen LogP contribution is -2.21. The van der Waals surface area contributed by atoms with Crippen molar-refractivity contribution in [3.63, 3.8) is 0 Å². The Morgan fingerprint density at radius 2 is 2.00 bits per heavy atom. The predicted molar refractivity (Wildman–Crippen MR) is 80.2 cm³/mol. The van der Waals surface area contributed by atoms with Crippen molar-refractivity contribution in [2.45, 2.75) is 17.7 Å². The average molecular weight is 304 g/mol. The third kappa shape index (κ3) is 4.39. The van der Waals surface area contributed by atoms with Gasteiger partial charge in [0.15, 0.2) is 5.49 Å². The van der Waals surface area contributed by atoms with Crippen LogP contribution >= 0.6 is 11.8 Å². The Hall–Kier alpha value is -2.21. The number of nitrogens with zero attached hydrogens (tertiary/aromatic N) is 2. The number of rotatable bonds is 4. The van der Waals surface area contributed by atoms with Crippen LogP contribution in [0.25, 0.3) is 0 Å². The number of aromatic nitrogens is 1. The second-order valence-electron chi connectivity index (χ2n) is 4.12. The molecule has 0 atom stereocenters. The van der Waals surface area contributed by atoms with E-state index < -0.39 is 6.09 Å². The van der Waals surface area contributed by atoms with Gasteiger partial charge < -0.3 is 9.94 Å². The van der Waals surface area contributed by atoms with Crippen molar-refractivity contribution in [3.05, 3.63) is 59.6 Å². The molecule has 5 nitrogen and oxygen atoms in total. The lowest BCUT2D eigenvalue weighted by Gasteiger charge is -2.07. The molecule has 0 saturated heterocycles. The molecule has 2 aromatic rings. The predicted octanol–water partition coefficient (Wildman–Crippen LogP) is 3.07. The fourth-order valence-electron chi connectivity index (χ4n) is 1.65. The molecule has 21 heavy (non-hydrogen) atoms. The van der Waals surface area contributed by atoms with Crippen LogP contribution in [0.2, 0.25) is 0 Å². The molecular formula is C15H16N2O3S. The maximum absolute atomic E-state index is 11.3. The van der Waals surface area contributed by atoms with Crippen LogP contribution in [0.15, 0.2) is 58.5 Å². The highest BCUT2D eigenvalue weighted by Gasteiger charge is 2.04. The minimum Gasteiger partial charge on any atom is -0.448 e. The monoisotopic (exact) mass is 304 g/mol. The molecule has 0 aliphatic carbocycles. The van der Waals surface area contributed by atoms with Gasteiger partial charge in [-0.05, 0) is 24.6 Å². The number of carbonyl (C=O) groups excluding carboxylic acids is 1. The van der Waals surface area contributed by atoms with E-state index in [2.05, 4.69) is 4.99 Å². The van der Waals surface area contributed by atoms with Crippen molar-refractivity contribution in [3.8, 4) is 0 Å². The van der Waals surface area contributed by atoms with E-state index >= 15 is 0 Å². The lowest BCUT2D eigenvalue weighted by atomic mass is 10.2. The van der Waals surface area contributed by atoms with Crippen molar-refractivity contribution in [2.24, 2.45) is 4.99 Å². The number of hydrogen-bond donors (Lipinski definition) is 1. The molecule has 1 aromatic heterocycles. The van der Waals surface area contributed by atoms with Gasteiger partial charge in [0.25, 0.3) is 0 Å². The molecule has 1 aromatic carbocycles. The summed E-state index contributed by atoms with van der Waals surface area (Å²) in [6.07, 6.45) is -0.717. The summed E-state index contributed by atoms with van der Waals surface area (Å²) in [7, 11) is 0. The van der Waals surface area contributed by atoms with Gasteiger partial charge in [0, 0.05) is 5.75 Å². The number of carbonyl (C=O) groups is 1. The fraction of sp³-hybridized carbons (Fsp3) is 0.200. The Bertz CT molecular complexity index is 668. The first kappa shape index (κ1) is 15.2. The first-order valence-electron chi connectivity index (χ1n) is 6.50.